The average molecular weight is 262 g/mol. The van der Waals surface area contributed by atoms with Crippen LogP contribution in [0.25, 0.3) is 11.5 Å². The van der Waals surface area contributed by atoms with E-state index in [1.165, 1.54) is 6.07 Å². The topological polar surface area (TPSA) is 54.2 Å². The number of nitrogens with one attached hydrogen (secondary N) is 1. The first-order valence-corrected chi connectivity index (χ1v) is 6.30. The van der Waals surface area contributed by atoms with Crippen molar-refractivity contribution >= 4 is 5.69 Å². The van der Waals surface area contributed by atoms with Crippen molar-refractivity contribution in [3.63, 3.8) is 0 Å². The Bertz CT molecular complexity index is 578. The number of aryl methyl sites for hydroxylation is 1. The van der Waals surface area contributed by atoms with Crippen molar-refractivity contribution in [3.05, 3.63) is 29.9 Å². The van der Waals surface area contributed by atoms with Crippen LogP contribution in [0.2, 0.25) is 0 Å². The minimum Gasteiger partial charge on any atom is -0.421 e. The van der Waals surface area contributed by atoms with Crippen LogP contribution in [0.3, 0.4) is 0 Å². The van der Waals surface area contributed by atoms with E-state index in [1.807, 2.05) is 4.90 Å². The van der Waals surface area contributed by atoms with E-state index in [2.05, 4.69) is 15.5 Å². The molecule has 2 aromatic rings. The summed E-state index contributed by atoms with van der Waals surface area (Å²) in [5, 5.41) is 11.0. The van der Waals surface area contributed by atoms with Crippen molar-refractivity contribution in [2.45, 2.75) is 6.92 Å². The van der Waals surface area contributed by atoms with E-state index in [1.54, 1.807) is 19.1 Å². The van der Waals surface area contributed by atoms with Gasteiger partial charge in [-0.25, -0.2) is 4.39 Å². The molecule has 2 heterocycles. The van der Waals surface area contributed by atoms with Gasteiger partial charge in [0.1, 0.15) is 5.82 Å². The maximum absolute atomic E-state index is 13.9. The lowest BCUT2D eigenvalue weighted by molar-refractivity contribution is 0.532. The molecule has 0 bridgehead atoms. The van der Waals surface area contributed by atoms with Crippen LogP contribution in [0.4, 0.5) is 10.1 Å². The molecule has 1 saturated heterocycles. The molecule has 6 heteroatoms. The predicted molar refractivity (Wildman–Crippen MR) is 69.5 cm³/mol. The summed E-state index contributed by atoms with van der Waals surface area (Å²) >= 11 is 0. The van der Waals surface area contributed by atoms with E-state index in [-0.39, 0.29) is 5.82 Å². The van der Waals surface area contributed by atoms with Crippen molar-refractivity contribution in [3.8, 4) is 11.5 Å². The summed E-state index contributed by atoms with van der Waals surface area (Å²) in [5.74, 6) is 0.707. The van der Waals surface area contributed by atoms with Gasteiger partial charge in [0.2, 0.25) is 11.8 Å². The molecule has 1 aromatic heterocycles. The molecule has 0 amide bonds. The van der Waals surface area contributed by atoms with E-state index >= 15 is 0 Å². The van der Waals surface area contributed by atoms with Gasteiger partial charge in [-0.2, -0.15) is 0 Å². The largest absolute Gasteiger partial charge is 0.421 e. The Labute approximate surface area is 110 Å². The number of nitrogens with zero attached hydrogens (tertiary/aromatic N) is 3. The Hall–Kier alpha value is -1.95. The van der Waals surface area contributed by atoms with E-state index in [0.29, 0.717) is 17.5 Å². The number of halogens is 1. The van der Waals surface area contributed by atoms with E-state index in [4.69, 9.17) is 4.42 Å². The van der Waals surface area contributed by atoms with Crippen LogP contribution in [0.15, 0.2) is 22.6 Å². The van der Waals surface area contributed by atoms with Crippen LogP contribution in [-0.2, 0) is 0 Å². The molecule has 5 nitrogen and oxygen atoms in total. The van der Waals surface area contributed by atoms with Gasteiger partial charge in [-0.15, -0.1) is 10.2 Å². The van der Waals surface area contributed by atoms with Gasteiger partial charge in [-0.05, 0) is 18.2 Å². The molecule has 0 spiro atoms. The fraction of sp³-hybridized carbons (Fsp3) is 0.385. The Kier molecular flexibility index (Phi) is 3.16. The predicted octanol–water partition coefficient (Wildman–Crippen LogP) is 1.59. The Balaban J connectivity index is 1.95. The molecule has 3 rings (SSSR count). The number of aromatic nitrogens is 2. The quantitative estimate of drug-likeness (QED) is 0.890. The van der Waals surface area contributed by atoms with Crippen molar-refractivity contribution in [1.29, 1.82) is 0 Å². The van der Waals surface area contributed by atoms with Gasteiger partial charge >= 0.3 is 0 Å². The molecule has 0 aliphatic carbocycles. The molecule has 0 radical (unpaired) electrons. The highest BCUT2D eigenvalue weighted by Gasteiger charge is 2.16. The highest BCUT2D eigenvalue weighted by Crippen LogP contribution is 2.26. The van der Waals surface area contributed by atoms with Gasteiger partial charge in [-0.3, -0.25) is 0 Å². The highest BCUT2D eigenvalue weighted by atomic mass is 19.1. The molecular formula is C13H15FN4O. The lowest BCUT2D eigenvalue weighted by Crippen LogP contribution is -2.43. The SMILES string of the molecule is Cc1nnc(-c2ccc(F)c(N3CCNCC3)c2)o1. The monoisotopic (exact) mass is 262 g/mol. The average Bonchev–Trinajstić information content (AvgIpc) is 2.87. The van der Waals surface area contributed by atoms with E-state index in [9.17, 15) is 4.39 Å². The summed E-state index contributed by atoms with van der Waals surface area (Å²) in [5.41, 5.74) is 1.34. The van der Waals surface area contributed by atoms with E-state index < -0.39 is 0 Å². The van der Waals surface area contributed by atoms with Crippen molar-refractivity contribution in [1.82, 2.24) is 15.5 Å². The molecule has 1 N–H and O–H groups in total. The second-order valence-corrected chi connectivity index (χ2v) is 4.53. The zero-order valence-electron chi connectivity index (χ0n) is 10.7. The summed E-state index contributed by atoms with van der Waals surface area (Å²) in [6.07, 6.45) is 0. The number of anilines is 1. The lowest BCUT2D eigenvalue weighted by atomic mass is 10.1. The Morgan fingerprint density at radius 2 is 2.05 bits per heavy atom. The standard InChI is InChI=1S/C13H15FN4O/c1-9-16-17-13(19-9)10-2-3-11(14)12(8-10)18-6-4-15-5-7-18/h2-3,8,15H,4-7H2,1H3. The molecule has 1 aliphatic heterocycles. The van der Waals surface area contributed by atoms with Gasteiger partial charge < -0.3 is 14.6 Å². The van der Waals surface area contributed by atoms with E-state index in [0.717, 1.165) is 31.7 Å². The second kappa shape index (κ2) is 4.97. The van der Waals surface area contributed by atoms with Crippen LogP contribution in [-0.4, -0.2) is 36.4 Å². The summed E-state index contributed by atoms with van der Waals surface area (Å²) in [7, 11) is 0. The van der Waals surface area contributed by atoms with Gasteiger partial charge in [0.25, 0.3) is 0 Å². The molecule has 1 aromatic carbocycles. The molecule has 1 aliphatic rings. The molecule has 19 heavy (non-hydrogen) atoms. The maximum Gasteiger partial charge on any atom is 0.247 e. The first-order chi connectivity index (χ1) is 9.24. The minimum atomic E-state index is -0.220. The molecule has 0 atom stereocenters. The minimum absolute atomic E-state index is 0.220. The van der Waals surface area contributed by atoms with Gasteiger partial charge in [0.15, 0.2) is 0 Å². The van der Waals surface area contributed by atoms with Crippen LogP contribution in [0, 0.1) is 12.7 Å². The van der Waals surface area contributed by atoms with Crippen LogP contribution in [0.1, 0.15) is 5.89 Å². The first-order valence-electron chi connectivity index (χ1n) is 6.30. The zero-order chi connectivity index (χ0) is 13.2. The molecule has 0 unspecified atom stereocenters. The fourth-order valence-corrected chi connectivity index (χ4v) is 2.21. The molecule has 0 saturated carbocycles. The Morgan fingerprint density at radius 3 is 2.74 bits per heavy atom. The number of hydrogen-bond donors (Lipinski definition) is 1. The van der Waals surface area contributed by atoms with Gasteiger partial charge in [0, 0.05) is 38.7 Å². The van der Waals surface area contributed by atoms with Crippen LogP contribution < -0.4 is 10.2 Å². The molecule has 1 fully saturated rings. The zero-order valence-corrected chi connectivity index (χ0v) is 10.7. The van der Waals surface area contributed by atoms with Crippen LogP contribution in [0.5, 0.6) is 0 Å². The molecular weight excluding hydrogens is 247 g/mol. The third-order valence-corrected chi connectivity index (χ3v) is 3.18. The lowest BCUT2D eigenvalue weighted by Gasteiger charge is -2.29. The molecule has 100 valence electrons. The van der Waals surface area contributed by atoms with Crippen molar-refractivity contribution in [2.24, 2.45) is 0 Å². The fourth-order valence-electron chi connectivity index (χ4n) is 2.21. The van der Waals surface area contributed by atoms with Crippen LogP contribution >= 0.6 is 0 Å². The summed E-state index contributed by atoms with van der Waals surface area (Å²) in [4.78, 5) is 2.03. The van der Waals surface area contributed by atoms with Crippen molar-refractivity contribution in [2.75, 3.05) is 31.1 Å². The summed E-state index contributed by atoms with van der Waals surface area (Å²) in [6.45, 7) is 5.05. The summed E-state index contributed by atoms with van der Waals surface area (Å²) < 4.78 is 19.3. The van der Waals surface area contributed by atoms with Gasteiger partial charge in [0.05, 0.1) is 5.69 Å². The van der Waals surface area contributed by atoms with Gasteiger partial charge in [-0.1, -0.05) is 0 Å². The Morgan fingerprint density at radius 1 is 1.26 bits per heavy atom. The second-order valence-electron chi connectivity index (χ2n) is 4.53. The smallest absolute Gasteiger partial charge is 0.247 e. The third-order valence-electron chi connectivity index (χ3n) is 3.18. The number of hydrogen-bond acceptors (Lipinski definition) is 5. The first kappa shape index (κ1) is 12.1. The maximum atomic E-state index is 13.9. The number of rotatable bonds is 2. The number of benzene rings is 1. The van der Waals surface area contributed by atoms with Crippen molar-refractivity contribution < 1.29 is 8.81 Å². The summed E-state index contributed by atoms with van der Waals surface area (Å²) in [6, 6.07) is 4.88. The normalized spacial score (nSPS) is 15.8. The third kappa shape index (κ3) is 2.44. The number of piperazine rings is 1. The highest BCUT2D eigenvalue weighted by molar-refractivity contribution is 5.62.